The maximum atomic E-state index is 12.4. The summed E-state index contributed by atoms with van der Waals surface area (Å²) in [6.07, 6.45) is 0. The summed E-state index contributed by atoms with van der Waals surface area (Å²) < 4.78 is 5.38. The van der Waals surface area contributed by atoms with Crippen LogP contribution in [0.5, 0.6) is 0 Å². The van der Waals surface area contributed by atoms with Gasteiger partial charge in [-0.25, -0.2) is 4.98 Å². The van der Waals surface area contributed by atoms with Crippen LogP contribution in [0.1, 0.15) is 41.9 Å². The van der Waals surface area contributed by atoms with Crippen LogP contribution in [0.15, 0.2) is 9.32 Å². The van der Waals surface area contributed by atoms with Crippen LogP contribution in [0.2, 0.25) is 0 Å². The molecule has 144 valence electrons. The highest BCUT2D eigenvalue weighted by Crippen LogP contribution is 2.26. The molecule has 0 aromatic carbocycles. The molecule has 1 fully saturated rings. The van der Waals surface area contributed by atoms with Gasteiger partial charge in [-0.1, -0.05) is 19.0 Å². The van der Waals surface area contributed by atoms with E-state index in [1.807, 2.05) is 27.7 Å². The van der Waals surface area contributed by atoms with Crippen molar-refractivity contribution >= 4 is 27.6 Å². The van der Waals surface area contributed by atoms with Crippen LogP contribution in [0.4, 0.5) is 6.01 Å². The van der Waals surface area contributed by atoms with Crippen LogP contribution in [0.25, 0.3) is 10.2 Å². The first kappa shape index (κ1) is 18.1. The van der Waals surface area contributed by atoms with E-state index in [1.54, 1.807) is 11.3 Å². The van der Waals surface area contributed by atoms with Crippen molar-refractivity contribution < 1.29 is 4.52 Å². The zero-order valence-electron chi connectivity index (χ0n) is 16.1. The van der Waals surface area contributed by atoms with Gasteiger partial charge in [0.2, 0.25) is 0 Å². The van der Waals surface area contributed by atoms with E-state index in [1.165, 1.54) is 0 Å². The summed E-state index contributed by atoms with van der Waals surface area (Å²) in [6.45, 7) is 12.1. The molecule has 1 saturated heterocycles. The molecule has 0 bridgehead atoms. The quantitative estimate of drug-likeness (QED) is 0.734. The average Bonchev–Trinajstić information content (AvgIpc) is 3.22. The SMILES string of the molecule is Cc1sc2nc(CN3CCN(c4nc(C(C)C)no4)CC3)[nH]c(=O)c2c1C. The Bertz CT molecular complexity index is 1010. The molecule has 3 aromatic rings. The maximum Gasteiger partial charge on any atom is 0.324 e. The van der Waals surface area contributed by atoms with Gasteiger partial charge in [-0.05, 0) is 19.4 Å². The number of nitrogens with zero attached hydrogens (tertiary/aromatic N) is 5. The highest BCUT2D eigenvalue weighted by Gasteiger charge is 2.23. The zero-order chi connectivity index (χ0) is 19.1. The number of aromatic nitrogens is 4. The Hall–Kier alpha value is -2.26. The Labute approximate surface area is 161 Å². The lowest BCUT2D eigenvalue weighted by Gasteiger charge is -2.33. The number of hydrogen-bond donors (Lipinski definition) is 1. The molecule has 0 saturated carbocycles. The lowest BCUT2D eigenvalue weighted by atomic mass is 10.2. The number of anilines is 1. The number of aryl methyl sites for hydroxylation is 2. The lowest BCUT2D eigenvalue weighted by molar-refractivity contribution is 0.237. The lowest BCUT2D eigenvalue weighted by Crippen LogP contribution is -2.46. The predicted octanol–water partition coefficient (Wildman–Crippen LogP) is 2.43. The second-order valence-electron chi connectivity index (χ2n) is 7.33. The van der Waals surface area contributed by atoms with Crippen molar-refractivity contribution in [3.8, 4) is 0 Å². The van der Waals surface area contributed by atoms with Crippen LogP contribution in [-0.4, -0.2) is 51.2 Å². The monoisotopic (exact) mass is 388 g/mol. The van der Waals surface area contributed by atoms with Crippen molar-refractivity contribution in [1.29, 1.82) is 0 Å². The van der Waals surface area contributed by atoms with Crippen LogP contribution in [0, 0.1) is 13.8 Å². The molecule has 4 rings (SSSR count). The number of nitrogens with one attached hydrogen (secondary N) is 1. The minimum atomic E-state index is -0.0393. The molecular formula is C18H24N6O2S. The van der Waals surface area contributed by atoms with Crippen LogP contribution >= 0.6 is 11.3 Å². The molecule has 1 aliphatic rings. The molecule has 3 aromatic heterocycles. The molecule has 0 spiro atoms. The number of H-pyrrole nitrogens is 1. The van der Waals surface area contributed by atoms with Gasteiger partial charge in [-0.2, -0.15) is 4.98 Å². The van der Waals surface area contributed by atoms with Gasteiger partial charge in [-0.15, -0.1) is 11.3 Å². The first-order valence-corrected chi connectivity index (χ1v) is 10.0. The van der Waals surface area contributed by atoms with Crippen LogP contribution in [-0.2, 0) is 6.54 Å². The van der Waals surface area contributed by atoms with E-state index in [9.17, 15) is 4.79 Å². The topological polar surface area (TPSA) is 91.2 Å². The summed E-state index contributed by atoms with van der Waals surface area (Å²) in [7, 11) is 0. The first-order chi connectivity index (χ1) is 12.9. The molecule has 8 nitrogen and oxygen atoms in total. The number of fused-ring (bicyclic) bond motifs is 1. The van der Waals surface area contributed by atoms with E-state index in [0.29, 0.717) is 12.6 Å². The van der Waals surface area contributed by atoms with Gasteiger partial charge in [0.25, 0.3) is 5.56 Å². The van der Waals surface area contributed by atoms with Gasteiger partial charge in [0, 0.05) is 37.0 Å². The Morgan fingerprint density at radius 3 is 2.59 bits per heavy atom. The van der Waals surface area contributed by atoms with E-state index < -0.39 is 0 Å². The fourth-order valence-corrected chi connectivity index (χ4v) is 4.32. The Kier molecular flexibility index (Phi) is 4.73. The van der Waals surface area contributed by atoms with Crippen molar-refractivity contribution in [2.75, 3.05) is 31.1 Å². The summed E-state index contributed by atoms with van der Waals surface area (Å²) in [5, 5.41) is 4.76. The number of rotatable bonds is 4. The van der Waals surface area contributed by atoms with Gasteiger partial charge in [0.15, 0.2) is 5.82 Å². The smallest absolute Gasteiger partial charge is 0.322 e. The normalized spacial score (nSPS) is 16.0. The molecule has 9 heteroatoms. The minimum Gasteiger partial charge on any atom is -0.322 e. The summed E-state index contributed by atoms with van der Waals surface area (Å²) in [4.78, 5) is 30.9. The summed E-state index contributed by atoms with van der Waals surface area (Å²) in [5.41, 5.74) is 0.992. The molecular weight excluding hydrogens is 364 g/mol. The Balaban J connectivity index is 1.43. The molecule has 4 heterocycles. The molecule has 0 unspecified atom stereocenters. The fourth-order valence-electron chi connectivity index (χ4n) is 3.27. The fraction of sp³-hybridized carbons (Fsp3) is 0.556. The van der Waals surface area contributed by atoms with Crippen molar-refractivity contribution in [2.24, 2.45) is 0 Å². The summed E-state index contributed by atoms with van der Waals surface area (Å²) >= 11 is 1.59. The van der Waals surface area contributed by atoms with Crippen molar-refractivity contribution in [3.05, 3.63) is 32.4 Å². The second-order valence-corrected chi connectivity index (χ2v) is 8.53. The third-order valence-electron chi connectivity index (χ3n) is 5.05. The minimum absolute atomic E-state index is 0.0393. The number of thiophene rings is 1. The van der Waals surface area contributed by atoms with E-state index in [2.05, 4.69) is 29.9 Å². The zero-order valence-corrected chi connectivity index (χ0v) is 16.9. The third kappa shape index (κ3) is 3.49. The van der Waals surface area contributed by atoms with E-state index >= 15 is 0 Å². The molecule has 0 radical (unpaired) electrons. The van der Waals surface area contributed by atoms with Gasteiger partial charge in [-0.3, -0.25) is 9.69 Å². The van der Waals surface area contributed by atoms with E-state index in [-0.39, 0.29) is 11.5 Å². The molecule has 1 N–H and O–H groups in total. The molecule has 0 aliphatic carbocycles. The van der Waals surface area contributed by atoms with Crippen molar-refractivity contribution in [1.82, 2.24) is 25.0 Å². The van der Waals surface area contributed by atoms with Crippen molar-refractivity contribution in [2.45, 2.75) is 40.2 Å². The summed E-state index contributed by atoms with van der Waals surface area (Å²) in [5.74, 6) is 1.72. The maximum absolute atomic E-state index is 12.4. The largest absolute Gasteiger partial charge is 0.324 e. The molecule has 27 heavy (non-hydrogen) atoms. The predicted molar refractivity (Wildman–Crippen MR) is 106 cm³/mol. The standard InChI is InChI=1S/C18H24N6O2S/c1-10(2)15-21-18(26-22-15)24-7-5-23(6-8-24)9-13-19-16(25)14-11(3)12(4)27-17(14)20-13/h10H,5-9H2,1-4H3,(H,19,20,25). The highest BCUT2D eigenvalue weighted by molar-refractivity contribution is 7.18. The van der Waals surface area contributed by atoms with Gasteiger partial charge < -0.3 is 14.4 Å². The number of piperazine rings is 1. The highest BCUT2D eigenvalue weighted by atomic mass is 32.1. The van der Waals surface area contributed by atoms with Crippen LogP contribution in [0.3, 0.4) is 0 Å². The second kappa shape index (κ2) is 7.05. The number of aromatic amines is 1. The average molecular weight is 388 g/mol. The first-order valence-electron chi connectivity index (χ1n) is 9.22. The van der Waals surface area contributed by atoms with E-state index in [0.717, 1.165) is 58.5 Å². The Morgan fingerprint density at radius 1 is 1.19 bits per heavy atom. The number of hydrogen-bond acceptors (Lipinski definition) is 8. The third-order valence-corrected chi connectivity index (χ3v) is 6.15. The summed E-state index contributed by atoms with van der Waals surface area (Å²) in [6, 6.07) is 0.593. The van der Waals surface area contributed by atoms with E-state index in [4.69, 9.17) is 4.52 Å². The Morgan fingerprint density at radius 2 is 1.93 bits per heavy atom. The molecule has 0 atom stereocenters. The van der Waals surface area contributed by atoms with Crippen molar-refractivity contribution in [3.63, 3.8) is 0 Å². The van der Waals surface area contributed by atoms with Gasteiger partial charge in [0.05, 0.1) is 11.9 Å². The molecule has 0 amide bonds. The van der Waals surface area contributed by atoms with Gasteiger partial charge in [0.1, 0.15) is 10.7 Å². The van der Waals surface area contributed by atoms with Crippen LogP contribution < -0.4 is 10.5 Å². The van der Waals surface area contributed by atoms with Gasteiger partial charge >= 0.3 is 6.01 Å². The molecule has 1 aliphatic heterocycles.